The Bertz CT molecular complexity index is 251. The van der Waals surface area contributed by atoms with Gasteiger partial charge >= 0.3 is 0 Å². The van der Waals surface area contributed by atoms with E-state index in [-0.39, 0.29) is 12.2 Å². The van der Waals surface area contributed by atoms with Crippen LogP contribution in [0.1, 0.15) is 19.8 Å². The van der Waals surface area contributed by atoms with Crippen LogP contribution in [0.15, 0.2) is 12.2 Å². The zero-order valence-electron chi connectivity index (χ0n) is 8.04. The van der Waals surface area contributed by atoms with Crippen molar-refractivity contribution in [2.75, 3.05) is 0 Å². The molecule has 1 unspecified atom stereocenters. The number of ether oxygens (including phenoxy) is 1. The summed E-state index contributed by atoms with van der Waals surface area (Å²) in [6.45, 7) is 5.53. The van der Waals surface area contributed by atoms with Gasteiger partial charge in [0.25, 0.3) is 0 Å². The fraction of sp³-hybridized carbons (Fsp3) is 0.800. The van der Waals surface area contributed by atoms with Crippen LogP contribution in [0, 0.1) is 0 Å². The van der Waals surface area contributed by atoms with E-state index in [2.05, 4.69) is 6.58 Å². The van der Waals surface area contributed by atoms with Crippen molar-refractivity contribution >= 4 is 23.2 Å². The Morgan fingerprint density at radius 1 is 1.36 bits per heavy atom. The largest absolute Gasteiger partial charge is 0.382 e. The van der Waals surface area contributed by atoms with Crippen molar-refractivity contribution in [3.8, 4) is 0 Å². The Labute approximate surface area is 93.8 Å². The summed E-state index contributed by atoms with van der Waals surface area (Å²) in [5.41, 5.74) is -0.564. The van der Waals surface area contributed by atoms with Gasteiger partial charge in [-0.25, -0.2) is 0 Å². The van der Waals surface area contributed by atoms with E-state index in [9.17, 15) is 5.11 Å². The highest BCUT2D eigenvalue weighted by Gasteiger charge is 2.57. The van der Waals surface area contributed by atoms with Crippen molar-refractivity contribution in [3.63, 3.8) is 0 Å². The maximum Gasteiger partial charge on any atom is 0.123 e. The van der Waals surface area contributed by atoms with E-state index in [0.717, 1.165) is 12.8 Å². The second kappa shape index (κ2) is 3.38. The van der Waals surface area contributed by atoms with E-state index in [0.29, 0.717) is 5.57 Å². The van der Waals surface area contributed by atoms with Crippen molar-refractivity contribution in [2.24, 2.45) is 0 Å². The third-order valence-electron chi connectivity index (χ3n) is 3.26. The van der Waals surface area contributed by atoms with Gasteiger partial charge < -0.3 is 9.84 Å². The van der Waals surface area contributed by atoms with Crippen LogP contribution in [0.2, 0.25) is 0 Å². The normalized spacial score (nSPS) is 52.0. The third-order valence-corrected chi connectivity index (χ3v) is 4.49. The van der Waals surface area contributed by atoms with Gasteiger partial charge in [-0.15, -0.1) is 23.2 Å². The highest BCUT2D eigenvalue weighted by Crippen LogP contribution is 2.46. The molecule has 4 heteroatoms. The first-order valence-corrected chi connectivity index (χ1v) is 5.67. The molecule has 0 saturated carbocycles. The molecule has 0 aliphatic carbocycles. The number of fused-ring (bicyclic) bond motifs is 2. The smallest absolute Gasteiger partial charge is 0.123 e. The van der Waals surface area contributed by atoms with Gasteiger partial charge in [-0.3, -0.25) is 0 Å². The molecule has 0 aromatic carbocycles. The molecule has 2 aliphatic heterocycles. The van der Waals surface area contributed by atoms with E-state index in [4.69, 9.17) is 27.9 Å². The molecule has 2 aliphatic rings. The summed E-state index contributed by atoms with van der Waals surface area (Å²) in [7, 11) is 0. The van der Waals surface area contributed by atoms with Gasteiger partial charge in [0.2, 0.25) is 0 Å². The minimum absolute atomic E-state index is 0.0848. The number of aliphatic hydroxyl groups is 1. The molecule has 0 aromatic heterocycles. The van der Waals surface area contributed by atoms with E-state index in [1.165, 1.54) is 0 Å². The minimum atomic E-state index is -1.19. The second-order valence-corrected chi connectivity index (χ2v) is 5.14. The van der Waals surface area contributed by atoms with Crippen LogP contribution in [-0.2, 0) is 4.74 Å². The van der Waals surface area contributed by atoms with Gasteiger partial charge in [-0.1, -0.05) is 6.58 Å². The van der Waals surface area contributed by atoms with Crippen LogP contribution in [0.4, 0.5) is 0 Å². The quantitative estimate of drug-likeness (QED) is 0.558. The molecule has 2 rings (SSSR count). The fourth-order valence-electron chi connectivity index (χ4n) is 2.31. The fourth-order valence-corrected chi connectivity index (χ4v) is 3.39. The van der Waals surface area contributed by atoms with Gasteiger partial charge in [-0.2, -0.15) is 0 Å². The van der Waals surface area contributed by atoms with Gasteiger partial charge in [0.15, 0.2) is 0 Å². The topological polar surface area (TPSA) is 29.5 Å². The standard InChI is InChI=1S/C10H14Cl2O2/c1-5(2)10(13)8(11)6-3-4-7(14-6)9(10)12/h6-9,13H,1,3-4H2,2H3/t6-,7+,8+,9-,10?. The molecule has 2 saturated heterocycles. The van der Waals surface area contributed by atoms with Crippen LogP contribution in [0.3, 0.4) is 0 Å². The van der Waals surface area contributed by atoms with Crippen LogP contribution < -0.4 is 0 Å². The predicted molar refractivity (Wildman–Crippen MR) is 56.9 cm³/mol. The first-order chi connectivity index (χ1) is 6.48. The van der Waals surface area contributed by atoms with E-state index < -0.39 is 16.4 Å². The molecule has 80 valence electrons. The first-order valence-electron chi connectivity index (χ1n) is 4.80. The summed E-state index contributed by atoms with van der Waals surface area (Å²) < 4.78 is 5.60. The van der Waals surface area contributed by atoms with E-state index in [1.807, 2.05) is 0 Å². The second-order valence-electron chi connectivity index (χ2n) is 4.20. The lowest BCUT2D eigenvalue weighted by atomic mass is 9.83. The summed E-state index contributed by atoms with van der Waals surface area (Å²) >= 11 is 12.4. The summed E-state index contributed by atoms with van der Waals surface area (Å²) in [6.07, 6.45) is 1.58. The number of rotatable bonds is 1. The lowest BCUT2D eigenvalue weighted by Crippen LogP contribution is -2.59. The summed E-state index contributed by atoms with van der Waals surface area (Å²) in [5.74, 6) is 0. The maximum absolute atomic E-state index is 10.4. The van der Waals surface area contributed by atoms with Gasteiger partial charge in [0, 0.05) is 0 Å². The van der Waals surface area contributed by atoms with Gasteiger partial charge in [-0.05, 0) is 25.3 Å². The number of halogens is 2. The zero-order chi connectivity index (χ0) is 10.5. The molecule has 0 aromatic rings. The molecule has 1 N–H and O–H groups in total. The third kappa shape index (κ3) is 1.25. The molecule has 2 fully saturated rings. The molecule has 2 heterocycles. The molecule has 0 radical (unpaired) electrons. The molecule has 0 amide bonds. The Morgan fingerprint density at radius 2 is 1.79 bits per heavy atom. The van der Waals surface area contributed by atoms with Gasteiger partial charge in [0.05, 0.1) is 23.0 Å². The molecule has 2 bridgehead atoms. The number of hydrogen-bond acceptors (Lipinski definition) is 2. The van der Waals surface area contributed by atoms with Gasteiger partial charge in [0.1, 0.15) is 5.60 Å². The van der Waals surface area contributed by atoms with Crippen molar-refractivity contribution < 1.29 is 9.84 Å². The SMILES string of the molecule is C=C(C)C1(O)[C@H](Cl)[C@@H]2CC[C@@H](O2)[C@@H]1Cl. The monoisotopic (exact) mass is 236 g/mol. The highest BCUT2D eigenvalue weighted by molar-refractivity contribution is 6.26. The zero-order valence-corrected chi connectivity index (χ0v) is 9.55. The van der Waals surface area contributed by atoms with Crippen molar-refractivity contribution in [1.29, 1.82) is 0 Å². The van der Waals surface area contributed by atoms with E-state index >= 15 is 0 Å². The lowest BCUT2D eigenvalue weighted by molar-refractivity contribution is -0.0835. The molecule has 2 nitrogen and oxygen atoms in total. The Hall–Kier alpha value is 0.240. The van der Waals surface area contributed by atoms with Crippen molar-refractivity contribution in [1.82, 2.24) is 0 Å². The van der Waals surface area contributed by atoms with Crippen LogP contribution in [0.5, 0.6) is 0 Å². The van der Waals surface area contributed by atoms with Crippen molar-refractivity contribution in [2.45, 2.75) is 48.3 Å². The highest BCUT2D eigenvalue weighted by atomic mass is 35.5. The summed E-state index contributed by atoms with van der Waals surface area (Å²) in [6, 6.07) is 0. The van der Waals surface area contributed by atoms with Crippen LogP contribution in [-0.4, -0.2) is 33.7 Å². The maximum atomic E-state index is 10.4. The average molecular weight is 237 g/mol. The molecule has 14 heavy (non-hydrogen) atoms. The van der Waals surface area contributed by atoms with E-state index in [1.54, 1.807) is 6.92 Å². The van der Waals surface area contributed by atoms with Crippen LogP contribution in [0.25, 0.3) is 0 Å². The first kappa shape index (κ1) is 10.7. The predicted octanol–water partition coefficient (Wildman–Crippen LogP) is 2.07. The number of alkyl halides is 2. The lowest BCUT2D eigenvalue weighted by Gasteiger charge is -2.44. The average Bonchev–Trinajstić information content (AvgIpc) is 2.58. The van der Waals surface area contributed by atoms with Crippen LogP contribution >= 0.6 is 23.2 Å². The Balaban J connectivity index is 2.36. The molecule has 5 atom stereocenters. The Kier molecular flexibility index (Phi) is 2.59. The summed E-state index contributed by atoms with van der Waals surface area (Å²) in [5, 5.41) is 9.45. The van der Waals surface area contributed by atoms with Crippen molar-refractivity contribution in [3.05, 3.63) is 12.2 Å². The minimum Gasteiger partial charge on any atom is -0.382 e. The molecular weight excluding hydrogens is 223 g/mol. The molecule has 0 spiro atoms. The molecular formula is C10H14Cl2O2. The summed E-state index contributed by atoms with van der Waals surface area (Å²) in [4.78, 5) is 0. The number of hydrogen-bond donors (Lipinski definition) is 1. The Morgan fingerprint density at radius 3 is 2.14 bits per heavy atom.